The van der Waals surface area contributed by atoms with Gasteiger partial charge in [-0.15, -0.1) is 0 Å². The zero-order chi connectivity index (χ0) is 16.1. The average molecular weight is 370 g/mol. The second-order valence-electron chi connectivity index (χ2n) is 5.03. The molecule has 23 heavy (non-hydrogen) atoms. The average Bonchev–Trinajstić information content (AvgIpc) is 2.58. The van der Waals surface area contributed by atoms with Crippen LogP contribution in [0.15, 0.2) is 59.3 Å². The number of aryl methyl sites for hydroxylation is 1. The normalized spacial score (nSPS) is 10.3. The van der Waals surface area contributed by atoms with Gasteiger partial charge in [0.05, 0.1) is 12.2 Å². The summed E-state index contributed by atoms with van der Waals surface area (Å²) >= 11 is 3.53. The summed E-state index contributed by atoms with van der Waals surface area (Å²) in [5, 5.41) is 6.45. The van der Waals surface area contributed by atoms with Crippen LogP contribution >= 0.6 is 15.9 Å². The van der Waals surface area contributed by atoms with Crippen LogP contribution in [0.5, 0.6) is 0 Å². The van der Waals surface area contributed by atoms with E-state index in [4.69, 9.17) is 0 Å². The third-order valence-electron chi connectivity index (χ3n) is 3.25. The van der Waals surface area contributed by atoms with Crippen molar-refractivity contribution in [3.8, 4) is 0 Å². The number of halogens is 1. The van der Waals surface area contributed by atoms with Gasteiger partial charge in [0.25, 0.3) is 0 Å². The summed E-state index contributed by atoms with van der Waals surface area (Å²) in [7, 11) is 0. The fraction of sp³-hybridized carbons (Fsp3) is 0.118. The molecule has 2 heterocycles. The van der Waals surface area contributed by atoms with Gasteiger partial charge in [-0.2, -0.15) is 4.98 Å². The molecular formula is C17H16BrN5. The van der Waals surface area contributed by atoms with Gasteiger partial charge in [-0.3, -0.25) is 4.98 Å². The van der Waals surface area contributed by atoms with Crippen molar-refractivity contribution in [2.75, 3.05) is 10.6 Å². The van der Waals surface area contributed by atoms with Crippen LogP contribution in [0.4, 0.5) is 17.5 Å². The van der Waals surface area contributed by atoms with E-state index < -0.39 is 0 Å². The maximum absolute atomic E-state index is 4.46. The second-order valence-corrected chi connectivity index (χ2v) is 5.88. The Kier molecular flexibility index (Phi) is 4.83. The predicted octanol–water partition coefficient (Wildman–Crippen LogP) is 4.30. The van der Waals surface area contributed by atoms with Crippen molar-refractivity contribution in [1.29, 1.82) is 0 Å². The number of nitrogens with zero attached hydrogens (tertiary/aromatic N) is 3. The fourth-order valence-electron chi connectivity index (χ4n) is 2.00. The molecular weight excluding hydrogens is 354 g/mol. The summed E-state index contributed by atoms with van der Waals surface area (Å²) in [5.74, 6) is 1.30. The van der Waals surface area contributed by atoms with Crippen LogP contribution in [-0.2, 0) is 6.54 Å². The van der Waals surface area contributed by atoms with Crippen LogP contribution in [-0.4, -0.2) is 15.0 Å². The molecule has 0 aliphatic carbocycles. The van der Waals surface area contributed by atoms with E-state index in [1.807, 2.05) is 42.5 Å². The molecule has 0 bridgehead atoms. The Hall–Kier alpha value is -2.47. The Morgan fingerprint density at radius 1 is 1.04 bits per heavy atom. The summed E-state index contributed by atoms with van der Waals surface area (Å²) in [5.41, 5.74) is 3.10. The minimum atomic E-state index is 0.562. The first-order valence-electron chi connectivity index (χ1n) is 7.21. The van der Waals surface area contributed by atoms with Crippen molar-refractivity contribution in [3.63, 3.8) is 0 Å². The standard InChI is InChI=1S/C17H16BrN5/c1-12-5-6-13(10-15(12)18)22-16-7-9-20-17(23-16)21-11-14-4-2-3-8-19-14/h2-10H,11H2,1H3,(H2,20,21,22,23). The van der Waals surface area contributed by atoms with Gasteiger partial charge >= 0.3 is 0 Å². The molecule has 0 unspecified atom stereocenters. The molecule has 0 radical (unpaired) electrons. The van der Waals surface area contributed by atoms with E-state index in [1.54, 1.807) is 12.4 Å². The van der Waals surface area contributed by atoms with E-state index in [-0.39, 0.29) is 0 Å². The predicted molar refractivity (Wildman–Crippen MR) is 95.8 cm³/mol. The van der Waals surface area contributed by atoms with Gasteiger partial charge < -0.3 is 10.6 Å². The number of hydrogen-bond acceptors (Lipinski definition) is 5. The highest BCUT2D eigenvalue weighted by Crippen LogP contribution is 2.23. The van der Waals surface area contributed by atoms with Gasteiger partial charge in [-0.1, -0.05) is 28.1 Å². The maximum atomic E-state index is 4.46. The van der Waals surface area contributed by atoms with Crippen LogP contribution in [0.2, 0.25) is 0 Å². The second kappa shape index (κ2) is 7.19. The molecule has 2 N–H and O–H groups in total. The molecule has 5 nitrogen and oxygen atoms in total. The summed E-state index contributed by atoms with van der Waals surface area (Å²) in [6.07, 6.45) is 3.49. The molecule has 3 aromatic rings. The molecule has 0 spiro atoms. The smallest absolute Gasteiger partial charge is 0.224 e. The van der Waals surface area contributed by atoms with E-state index in [1.165, 1.54) is 5.56 Å². The number of benzene rings is 1. The lowest BCUT2D eigenvalue weighted by Crippen LogP contribution is -2.05. The summed E-state index contributed by atoms with van der Waals surface area (Å²) < 4.78 is 1.06. The Morgan fingerprint density at radius 3 is 2.74 bits per heavy atom. The third-order valence-corrected chi connectivity index (χ3v) is 4.11. The quantitative estimate of drug-likeness (QED) is 0.701. The summed E-state index contributed by atoms with van der Waals surface area (Å²) in [6.45, 7) is 2.64. The van der Waals surface area contributed by atoms with Crippen molar-refractivity contribution in [2.45, 2.75) is 13.5 Å². The fourth-order valence-corrected chi connectivity index (χ4v) is 2.38. The number of hydrogen-bond donors (Lipinski definition) is 2. The van der Waals surface area contributed by atoms with Crippen LogP contribution < -0.4 is 10.6 Å². The number of aromatic nitrogens is 3. The minimum Gasteiger partial charge on any atom is -0.349 e. The molecule has 0 aliphatic heterocycles. The highest BCUT2D eigenvalue weighted by molar-refractivity contribution is 9.10. The Labute approximate surface area is 143 Å². The number of nitrogens with one attached hydrogen (secondary N) is 2. The first kappa shape index (κ1) is 15.4. The molecule has 6 heteroatoms. The number of pyridine rings is 1. The van der Waals surface area contributed by atoms with Crippen molar-refractivity contribution < 1.29 is 0 Å². The minimum absolute atomic E-state index is 0.562. The van der Waals surface area contributed by atoms with Crippen molar-refractivity contribution in [3.05, 3.63) is 70.6 Å². The summed E-state index contributed by atoms with van der Waals surface area (Å²) in [4.78, 5) is 13.0. The molecule has 3 rings (SSSR count). The van der Waals surface area contributed by atoms with E-state index >= 15 is 0 Å². The Bertz CT molecular complexity index is 792. The van der Waals surface area contributed by atoms with Crippen LogP contribution in [0.25, 0.3) is 0 Å². The third kappa shape index (κ3) is 4.26. The van der Waals surface area contributed by atoms with Crippen molar-refractivity contribution in [1.82, 2.24) is 15.0 Å². The molecule has 1 aromatic carbocycles. The van der Waals surface area contributed by atoms with Crippen molar-refractivity contribution in [2.24, 2.45) is 0 Å². The largest absolute Gasteiger partial charge is 0.349 e. The number of anilines is 3. The summed E-state index contributed by atoms with van der Waals surface area (Å²) in [6, 6.07) is 13.7. The van der Waals surface area contributed by atoms with E-state index in [2.05, 4.69) is 48.4 Å². The molecule has 0 amide bonds. The molecule has 116 valence electrons. The molecule has 0 saturated heterocycles. The van der Waals surface area contributed by atoms with Crippen LogP contribution in [0, 0.1) is 6.92 Å². The monoisotopic (exact) mass is 369 g/mol. The molecule has 0 saturated carbocycles. The van der Waals surface area contributed by atoms with Gasteiger partial charge in [0.1, 0.15) is 5.82 Å². The zero-order valence-corrected chi connectivity index (χ0v) is 14.2. The van der Waals surface area contributed by atoms with Crippen molar-refractivity contribution >= 4 is 33.4 Å². The molecule has 2 aromatic heterocycles. The van der Waals surface area contributed by atoms with Gasteiger partial charge in [-0.05, 0) is 42.8 Å². The van der Waals surface area contributed by atoms with Gasteiger partial charge in [0, 0.05) is 22.6 Å². The maximum Gasteiger partial charge on any atom is 0.224 e. The van der Waals surface area contributed by atoms with E-state index in [9.17, 15) is 0 Å². The van der Waals surface area contributed by atoms with Crippen LogP contribution in [0.1, 0.15) is 11.3 Å². The molecule has 0 fully saturated rings. The topological polar surface area (TPSA) is 62.7 Å². The molecule has 0 atom stereocenters. The number of rotatable bonds is 5. The lowest BCUT2D eigenvalue weighted by Gasteiger charge is -2.09. The molecule has 0 aliphatic rings. The van der Waals surface area contributed by atoms with Gasteiger partial charge in [0.2, 0.25) is 5.95 Å². The SMILES string of the molecule is Cc1ccc(Nc2ccnc(NCc3ccccn3)n2)cc1Br. The van der Waals surface area contributed by atoms with E-state index in [0.29, 0.717) is 12.5 Å². The zero-order valence-electron chi connectivity index (χ0n) is 12.6. The van der Waals surface area contributed by atoms with Gasteiger partial charge in [0.15, 0.2) is 0 Å². The highest BCUT2D eigenvalue weighted by atomic mass is 79.9. The lowest BCUT2D eigenvalue weighted by atomic mass is 10.2. The van der Waals surface area contributed by atoms with E-state index in [0.717, 1.165) is 21.7 Å². The van der Waals surface area contributed by atoms with Gasteiger partial charge in [-0.25, -0.2) is 4.98 Å². The Balaban J connectivity index is 1.68. The first-order valence-corrected chi connectivity index (χ1v) is 8.00. The Morgan fingerprint density at radius 2 is 1.96 bits per heavy atom. The highest BCUT2D eigenvalue weighted by Gasteiger charge is 2.02. The first-order chi connectivity index (χ1) is 11.2. The lowest BCUT2D eigenvalue weighted by molar-refractivity contribution is 1.00. The van der Waals surface area contributed by atoms with Crippen LogP contribution in [0.3, 0.4) is 0 Å².